The molecular formula is C16H21N3. The monoisotopic (exact) mass is 255 g/mol. The van der Waals surface area contributed by atoms with Crippen molar-refractivity contribution in [3.05, 3.63) is 41.3 Å². The van der Waals surface area contributed by atoms with Gasteiger partial charge in [-0.25, -0.2) is 4.98 Å². The lowest BCUT2D eigenvalue weighted by Gasteiger charge is -2.39. The van der Waals surface area contributed by atoms with E-state index in [0.29, 0.717) is 6.54 Å². The van der Waals surface area contributed by atoms with Crippen molar-refractivity contribution in [1.82, 2.24) is 9.97 Å². The Hall–Kier alpha value is -1.61. The molecule has 0 atom stereocenters. The van der Waals surface area contributed by atoms with Gasteiger partial charge < -0.3 is 10.7 Å². The number of nitrogens with two attached hydrogens (primary N) is 1. The van der Waals surface area contributed by atoms with Crippen LogP contribution in [-0.4, -0.2) is 16.5 Å². The summed E-state index contributed by atoms with van der Waals surface area (Å²) < 4.78 is 0. The normalized spacial score (nSPS) is 17.2. The van der Waals surface area contributed by atoms with Crippen molar-refractivity contribution in [2.24, 2.45) is 5.73 Å². The number of benzene rings is 1. The SMILES string of the molecule is Cc1ccc(-c2cnc(C3(CN)CCC3)[nH]2)cc1C. The molecule has 1 fully saturated rings. The Kier molecular flexibility index (Phi) is 2.94. The first-order valence-corrected chi connectivity index (χ1v) is 6.98. The Labute approximate surface area is 114 Å². The van der Waals surface area contributed by atoms with Gasteiger partial charge in [0.25, 0.3) is 0 Å². The van der Waals surface area contributed by atoms with E-state index in [-0.39, 0.29) is 5.41 Å². The van der Waals surface area contributed by atoms with E-state index in [2.05, 4.69) is 42.0 Å². The van der Waals surface area contributed by atoms with Crippen molar-refractivity contribution in [3.8, 4) is 11.3 Å². The van der Waals surface area contributed by atoms with Crippen LogP contribution < -0.4 is 5.73 Å². The standard InChI is InChI=1S/C16H21N3/c1-11-4-5-13(8-12(11)2)14-9-18-15(19-14)16(10-17)6-3-7-16/h4-5,8-9H,3,6-7,10,17H2,1-2H3,(H,18,19). The first-order valence-electron chi connectivity index (χ1n) is 6.98. The molecule has 100 valence electrons. The van der Waals surface area contributed by atoms with Crippen molar-refractivity contribution in [1.29, 1.82) is 0 Å². The number of hydrogen-bond donors (Lipinski definition) is 2. The second kappa shape index (κ2) is 4.49. The molecule has 0 bridgehead atoms. The van der Waals surface area contributed by atoms with Crippen LogP contribution in [0.25, 0.3) is 11.3 Å². The molecule has 3 nitrogen and oxygen atoms in total. The molecule has 3 N–H and O–H groups in total. The highest BCUT2D eigenvalue weighted by Crippen LogP contribution is 2.41. The van der Waals surface area contributed by atoms with Crippen molar-refractivity contribution in [2.45, 2.75) is 38.5 Å². The van der Waals surface area contributed by atoms with E-state index in [1.54, 1.807) is 0 Å². The molecule has 2 aromatic rings. The number of aryl methyl sites for hydroxylation is 2. The third-order valence-electron chi connectivity index (χ3n) is 4.60. The molecule has 3 rings (SSSR count). The third-order valence-corrected chi connectivity index (χ3v) is 4.60. The number of hydrogen-bond acceptors (Lipinski definition) is 2. The quantitative estimate of drug-likeness (QED) is 0.885. The number of nitrogens with zero attached hydrogens (tertiary/aromatic N) is 1. The molecular weight excluding hydrogens is 234 g/mol. The molecule has 0 unspecified atom stereocenters. The van der Waals surface area contributed by atoms with E-state index in [9.17, 15) is 0 Å². The first kappa shape index (κ1) is 12.4. The number of aromatic amines is 1. The van der Waals surface area contributed by atoms with Crippen LogP contribution in [0.2, 0.25) is 0 Å². The van der Waals surface area contributed by atoms with Gasteiger partial charge >= 0.3 is 0 Å². The maximum absolute atomic E-state index is 5.93. The van der Waals surface area contributed by atoms with Gasteiger partial charge in [-0.2, -0.15) is 0 Å². The molecule has 1 aromatic heterocycles. The lowest BCUT2D eigenvalue weighted by atomic mass is 9.68. The van der Waals surface area contributed by atoms with Crippen LogP contribution in [0.1, 0.15) is 36.2 Å². The van der Waals surface area contributed by atoms with Crippen LogP contribution in [0.4, 0.5) is 0 Å². The smallest absolute Gasteiger partial charge is 0.114 e. The number of H-pyrrole nitrogens is 1. The zero-order valence-corrected chi connectivity index (χ0v) is 11.7. The van der Waals surface area contributed by atoms with Crippen molar-refractivity contribution >= 4 is 0 Å². The average Bonchev–Trinajstić information content (AvgIpc) is 2.82. The third kappa shape index (κ3) is 1.98. The highest BCUT2D eigenvalue weighted by Gasteiger charge is 2.39. The van der Waals surface area contributed by atoms with Crippen LogP contribution in [0, 0.1) is 13.8 Å². The minimum absolute atomic E-state index is 0.109. The predicted octanol–water partition coefficient (Wildman–Crippen LogP) is 3.07. The molecule has 0 spiro atoms. The number of nitrogens with one attached hydrogen (secondary N) is 1. The highest BCUT2D eigenvalue weighted by molar-refractivity contribution is 5.60. The fourth-order valence-corrected chi connectivity index (χ4v) is 2.79. The second-order valence-electron chi connectivity index (χ2n) is 5.78. The van der Waals surface area contributed by atoms with Crippen LogP contribution in [0.3, 0.4) is 0 Å². The second-order valence-corrected chi connectivity index (χ2v) is 5.78. The van der Waals surface area contributed by atoms with Gasteiger partial charge in [-0.3, -0.25) is 0 Å². The van der Waals surface area contributed by atoms with Gasteiger partial charge in [0.15, 0.2) is 0 Å². The number of aromatic nitrogens is 2. The van der Waals surface area contributed by atoms with E-state index in [1.165, 1.54) is 23.1 Å². The zero-order chi connectivity index (χ0) is 13.5. The lowest BCUT2D eigenvalue weighted by molar-refractivity contribution is 0.240. The Balaban J connectivity index is 1.94. The van der Waals surface area contributed by atoms with E-state index in [0.717, 1.165) is 24.4 Å². The summed E-state index contributed by atoms with van der Waals surface area (Å²) in [7, 11) is 0. The summed E-state index contributed by atoms with van der Waals surface area (Å²) in [6.07, 6.45) is 5.51. The van der Waals surface area contributed by atoms with Gasteiger partial charge in [0.05, 0.1) is 11.9 Å². The Morgan fingerprint density at radius 3 is 2.63 bits per heavy atom. The Morgan fingerprint density at radius 1 is 1.26 bits per heavy atom. The van der Waals surface area contributed by atoms with Gasteiger partial charge in [-0.1, -0.05) is 18.6 Å². The summed E-state index contributed by atoms with van der Waals surface area (Å²) in [5, 5.41) is 0. The van der Waals surface area contributed by atoms with Gasteiger partial charge in [0.1, 0.15) is 5.82 Å². The Bertz CT molecular complexity index is 588. The molecule has 0 radical (unpaired) electrons. The summed E-state index contributed by atoms with van der Waals surface area (Å²) in [5.74, 6) is 1.06. The first-order chi connectivity index (χ1) is 9.14. The number of rotatable bonds is 3. The summed E-state index contributed by atoms with van der Waals surface area (Å²) in [6.45, 7) is 4.96. The van der Waals surface area contributed by atoms with Gasteiger partial charge in [-0.15, -0.1) is 0 Å². The van der Waals surface area contributed by atoms with Crippen LogP contribution in [0.5, 0.6) is 0 Å². The molecule has 0 saturated heterocycles. The average molecular weight is 255 g/mol. The van der Waals surface area contributed by atoms with Crippen LogP contribution in [-0.2, 0) is 5.41 Å². The van der Waals surface area contributed by atoms with E-state index in [4.69, 9.17) is 5.73 Å². The molecule has 0 amide bonds. The molecule has 1 aliphatic carbocycles. The van der Waals surface area contributed by atoms with E-state index in [1.807, 2.05) is 6.20 Å². The molecule has 1 heterocycles. The summed E-state index contributed by atoms with van der Waals surface area (Å²) in [4.78, 5) is 8.05. The van der Waals surface area contributed by atoms with Gasteiger partial charge in [0.2, 0.25) is 0 Å². The maximum Gasteiger partial charge on any atom is 0.114 e. The largest absolute Gasteiger partial charge is 0.342 e. The summed E-state index contributed by atoms with van der Waals surface area (Å²) >= 11 is 0. The fraction of sp³-hybridized carbons (Fsp3) is 0.438. The Morgan fingerprint density at radius 2 is 2.05 bits per heavy atom. The highest BCUT2D eigenvalue weighted by atomic mass is 15.0. The molecule has 19 heavy (non-hydrogen) atoms. The number of imidazole rings is 1. The summed E-state index contributed by atoms with van der Waals surface area (Å²) in [5.41, 5.74) is 11.0. The molecule has 1 aromatic carbocycles. The predicted molar refractivity (Wildman–Crippen MR) is 78.1 cm³/mol. The summed E-state index contributed by atoms with van der Waals surface area (Å²) in [6, 6.07) is 6.52. The molecule has 1 saturated carbocycles. The van der Waals surface area contributed by atoms with Crippen molar-refractivity contribution < 1.29 is 0 Å². The molecule has 0 aliphatic heterocycles. The molecule has 3 heteroatoms. The topological polar surface area (TPSA) is 54.7 Å². The van der Waals surface area contributed by atoms with Crippen molar-refractivity contribution in [2.75, 3.05) is 6.54 Å². The van der Waals surface area contributed by atoms with Gasteiger partial charge in [0, 0.05) is 12.0 Å². The molecule has 1 aliphatic rings. The zero-order valence-electron chi connectivity index (χ0n) is 11.7. The van der Waals surface area contributed by atoms with E-state index >= 15 is 0 Å². The van der Waals surface area contributed by atoms with Crippen LogP contribution in [0.15, 0.2) is 24.4 Å². The van der Waals surface area contributed by atoms with Crippen LogP contribution >= 0.6 is 0 Å². The van der Waals surface area contributed by atoms with Gasteiger partial charge in [-0.05, 0) is 49.4 Å². The maximum atomic E-state index is 5.93. The lowest BCUT2D eigenvalue weighted by Crippen LogP contribution is -2.42. The minimum atomic E-state index is 0.109. The minimum Gasteiger partial charge on any atom is -0.342 e. The van der Waals surface area contributed by atoms with E-state index < -0.39 is 0 Å². The fourth-order valence-electron chi connectivity index (χ4n) is 2.79. The van der Waals surface area contributed by atoms with Crippen molar-refractivity contribution in [3.63, 3.8) is 0 Å².